The first-order valence-electron chi connectivity index (χ1n) is 9.97. The van der Waals surface area contributed by atoms with E-state index in [0.717, 1.165) is 37.2 Å². The fraction of sp³-hybridized carbons (Fsp3) is 0.667. The van der Waals surface area contributed by atoms with E-state index in [2.05, 4.69) is 24.8 Å². The quantitative estimate of drug-likeness (QED) is 0.830. The zero-order chi connectivity index (χ0) is 18.1. The maximum atomic E-state index is 12.7. The summed E-state index contributed by atoms with van der Waals surface area (Å²) in [4.78, 5) is 17.2. The molecular weight excluding hydrogens is 328 g/mol. The number of amides is 1. The fourth-order valence-corrected chi connectivity index (χ4v) is 4.52. The molecule has 4 rings (SSSR count). The number of benzene rings is 1. The van der Waals surface area contributed by atoms with Crippen LogP contribution in [0.3, 0.4) is 0 Å². The minimum Gasteiger partial charge on any atom is -0.483 e. The van der Waals surface area contributed by atoms with Crippen LogP contribution < -0.4 is 9.47 Å². The van der Waals surface area contributed by atoms with Gasteiger partial charge < -0.3 is 14.4 Å². The summed E-state index contributed by atoms with van der Waals surface area (Å²) in [5.74, 6) is 1.58. The minimum absolute atomic E-state index is 0.0868. The van der Waals surface area contributed by atoms with E-state index in [1.807, 2.05) is 17.0 Å². The Morgan fingerprint density at radius 1 is 1.23 bits per heavy atom. The highest BCUT2D eigenvalue weighted by Gasteiger charge is 2.33. The Kier molecular flexibility index (Phi) is 4.82. The van der Waals surface area contributed by atoms with Gasteiger partial charge >= 0.3 is 0 Å². The monoisotopic (exact) mass is 358 g/mol. The first-order chi connectivity index (χ1) is 12.5. The predicted molar refractivity (Wildman–Crippen MR) is 101 cm³/mol. The van der Waals surface area contributed by atoms with E-state index in [-0.39, 0.29) is 18.1 Å². The van der Waals surface area contributed by atoms with Crippen molar-refractivity contribution in [2.75, 3.05) is 32.8 Å². The summed E-state index contributed by atoms with van der Waals surface area (Å²) in [7, 11) is 0. The largest absolute Gasteiger partial charge is 0.483 e. The van der Waals surface area contributed by atoms with Gasteiger partial charge in [-0.2, -0.15) is 0 Å². The van der Waals surface area contributed by atoms with Crippen LogP contribution in [0.2, 0.25) is 0 Å². The molecule has 0 aromatic heterocycles. The highest BCUT2D eigenvalue weighted by atomic mass is 16.5. The van der Waals surface area contributed by atoms with Crippen molar-refractivity contribution in [2.45, 2.75) is 57.6 Å². The Labute approximate surface area is 156 Å². The summed E-state index contributed by atoms with van der Waals surface area (Å²) < 4.78 is 11.9. The molecule has 1 aromatic carbocycles. The summed E-state index contributed by atoms with van der Waals surface area (Å²) in [6.45, 7) is 8.32. The average molecular weight is 358 g/mol. The highest BCUT2D eigenvalue weighted by molar-refractivity contribution is 5.78. The van der Waals surface area contributed by atoms with Gasteiger partial charge in [0.2, 0.25) is 0 Å². The third kappa shape index (κ3) is 3.68. The summed E-state index contributed by atoms with van der Waals surface area (Å²) in [5.41, 5.74) is 0.953. The van der Waals surface area contributed by atoms with Gasteiger partial charge in [0.15, 0.2) is 18.1 Å². The molecule has 0 radical (unpaired) electrons. The number of carbonyl (C=O) groups is 1. The molecule has 1 aromatic rings. The molecule has 142 valence electrons. The number of para-hydroxylation sites is 1. The standard InChI is InChI=1S/C21H30N2O3/c1-21(2)13-16-7-5-9-18(20(16)26-21)25-15-19(24)23-12-6-8-17(14-23)22-10-3-4-11-22/h5,7,9,17H,3-4,6,8,10-15H2,1-2H3. The molecule has 0 saturated carbocycles. The van der Waals surface area contributed by atoms with Crippen molar-refractivity contribution in [1.29, 1.82) is 0 Å². The third-order valence-corrected chi connectivity index (χ3v) is 5.81. The Bertz CT molecular complexity index is 667. The van der Waals surface area contributed by atoms with Crippen LogP contribution in [0.4, 0.5) is 0 Å². The zero-order valence-corrected chi connectivity index (χ0v) is 16.0. The van der Waals surface area contributed by atoms with E-state index in [1.165, 1.54) is 32.4 Å². The average Bonchev–Trinajstić information content (AvgIpc) is 3.26. The predicted octanol–water partition coefficient (Wildman–Crippen LogP) is 2.87. The van der Waals surface area contributed by atoms with Crippen LogP contribution in [-0.4, -0.2) is 60.1 Å². The van der Waals surface area contributed by atoms with Gasteiger partial charge in [-0.1, -0.05) is 12.1 Å². The van der Waals surface area contributed by atoms with Crippen LogP contribution >= 0.6 is 0 Å². The number of rotatable bonds is 4. The van der Waals surface area contributed by atoms with E-state index in [9.17, 15) is 4.79 Å². The third-order valence-electron chi connectivity index (χ3n) is 5.81. The second-order valence-electron chi connectivity index (χ2n) is 8.45. The summed E-state index contributed by atoms with van der Waals surface area (Å²) in [6.07, 6.45) is 5.76. The number of hydrogen-bond donors (Lipinski definition) is 0. The first kappa shape index (κ1) is 17.7. The molecule has 3 heterocycles. The molecule has 5 nitrogen and oxygen atoms in total. The summed E-state index contributed by atoms with van der Waals surface area (Å²) in [5, 5.41) is 0. The molecule has 26 heavy (non-hydrogen) atoms. The van der Waals surface area contributed by atoms with Crippen molar-refractivity contribution in [3.05, 3.63) is 23.8 Å². The molecule has 1 amide bonds. The molecule has 0 bridgehead atoms. The maximum Gasteiger partial charge on any atom is 0.260 e. The molecule has 2 saturated heterocycles. The number of ether oxygens (including phenoxy) is 2. The van der Waals surface area contributed by atoms with Crippen LogP contribution in [0.1, 0.15) is 45.1 Å². The Hall–Kier alpha value is -1.75. The number of fused-ring (bicyclic) bond motifs is 1. The maximum absolute atomic E-state index is 12.7. The van der Waals surface area contributed by atoms with Crippen molar-refractivity contribution in [1.82, 2.24) is 9.80 Å². The molecular formula is C21H30N2O3. The number of carbonyl (C=O) groups excluding carboxylic acids is 1. The van der Waals surface area contributed by atoms with E-state index in [4.69, 9.17) is 9.47 Å². The van der Waals surface area contributed by atoms with E-state index in [1.54, 1.807) is 0 Å². The van der Waals surface area contributed by atoms with Crippen molar-refractivity contribution < 1.29 is 14.3 Å². The van der Waals surface area contributed by atoms with Gasteiger partial charge in [-0.05, 0) is 58.7 Å². The van der Waals surface area contributed by atoms with E-state index < -0.39 is 0 Å². The van der Waals surface area contributed by atoms with Crippen LogP contribution in [0.5, 0.6) is 11.5 Å². The minimum atomic E-state index is -0.207. The Morgan fingerprint density at radius 2 is 2.04 bits per heavy atom. The van der Waals surface area contributed by atoms with Gasteiger partial charge in [0, 0.05) is 31.1 Å². The lowest BCUT2D eigenvalue weighted by molar-refractivity contribution is -0.135. The number of piperidine rings is 1. The van der Waals surface area contributed by atoms with Crippen molar-refractivity contribution in [3.8, 4) is 11.5 Å². The molecule has 0 spiro atoms. The molecule has 0 aliphatic carbocycles. The number of nitrogens with zero attached hydrogens (tertiary/aromatic N) is 2. The van der Waals surface area contributed by atoms with Crippen LogP contribution in [0.25, 0.3) is 0 Å². The molecule has 2 fully saturated rings. The second kappa shape index (κ2) is 7.10. The van der Waals surface area contributed by atoms with Gasteiger partial charge in [0.25, 0.3) is 5.91 Å². The van der Waals surface area contributed by atoms with Crippen LogP contribution in [0, 0.1) is 0 Å². The van der Waals surface area contributed by atoms with Crippen LogP contribution in [0.15, 0.2) is 18.2 Å². The van der Waals surface area contributed by atoms with Gasteiger partial charge in [0.1, 0.15) is 5.60 Å². The molecule has 3 aliphatic heterocycles. The van der Waals surface area contributed by atoms with Gasteiger partial charge in [-0.15, -0.1) is 0 Å². The smallest absolute Gasteiger partial charge is 0.260 e. The van der Waals surface area contributed by atoms with Gasteiger partial charge in [0.05, 0.1) is 0 Å². The molecule has 3 aliphatic rings. The SMILES string of the molecule is CC1(C)Cc2cccc(OCC(=O)N3CCCC(N4CCCC4)C3)c2O1. The summed E-state index contributed by atoms with van der Waals surface area (Å²) >= 11 is 0. The van der Waals surface area contributed by atoms with Crippen LogP contribution in [-0.2, 0) is 11.2 Å². The van der Waals surface area contributed by atoms with E-state index >= 15 is 0 Å². The molecule has 5 heteroatoms. The van der Waals surface area contributed by atoms with Crippen molar-refractivity contribution >= 4 is 5.91 Å². The molecule has 0 N–H and O–H groups in total. The Balaban J connectivity index is 1.35. The zero-order valence-electron chi connectivity index (χ0n) is 16.0. The van der Waals surface area contributed by atoms with Gasteiger partial charge in [-0.3, -0.25) is 9.69 Å². The lowest BCUT2D eigenvalue weighted by Gasteiger charge is -2.37. The summed E-state index contributed by atoms with van der Waals surface area (Å²) in [6, 6.07) is 6.48. The highest BCUT2D eigenvalue weighted by Crippen LogP contribution is 2.41. The number of hydrogen-bond acceptors (Lipinski definition) is 4. The lowest BCUT2D eigenvalue weighted by Crippen LogP contribution is -2.50. The normalized spacial score (nSPS) is 25.0. The van der Waals surface area contributed by atoms with Crippen molar-refractivity contribution in [3.63, 3.8) is 0 Å². The first-order valence-corrected chi connectivity index (χ1v) is 9.97. The second-order valence-corrected chi connectivity index (χ2v) is 8.45. The van der Waals surface area contributed by atoms with Gasteiger partial charge in [-0.25, -0.2) is 0 Å². The topological polar surface area (TPSA) is 42.0 Å². The Morgan fingerprint density at radius 3 is 2.85 bits per heavy atom. The van der Waals surface area contributed by atoms with E-state index in [0.29, 0.717) is 11.8 Å². The van der Waals surface area contributed by atoms with Crippen molar-refractivity contribution in [2.24, 2.45) is 0 Å². The molecule has 1 atom stereocenters. The lowest BCUT2D eigenvalue weighted by atomic mass is 10.0. The molecule has 1 unspecified atom stereocenters. The fourth-order valence-electron chi connectivity index (χ4n) is 4.52. The number of likely N-dealkylation sites (tertiary alicyclic amines) is 2.